The molecule has 0 saturated carbocycles. The number of thioether (sulfide) groups is 1. The minimum Gasteiger partial charge on any atom is -0.508 e. The number of phenolic OH excluding ortho intramolecular Hbond substituents is 1. The number of rotatable bonds is 4. The molecule has 0 aliphatic heterocycles. The molecule has 19 heavy (non-hydrogen) atoms. The van der Waals surface area contributed by atoms with Crippen molar-refractivity contribution < 1.29 is 9.63 Å². The van der Waals surface area contributed by atoms with Gasteiger partial charge in [0.2, 0.25) is 5.16 Å². The van der Waals surface area contributed by atoms with Crippen LogP contribution in [-0.4, -0.2) is 30.5 Å². The van der Waals surface area contributed by atoms with E-state index >= 15 is 0 Å². The van der Waals surface area contributed by atoms with Crippen molar-refractivity contribution in [2.24, 2.45) is 0 Å². The van der Waals surface area contributed by atoms with Gasteiger partial charge in [0, 0.05) is 6.07 Å². The lowest BCUT2D eigenvalue weighted by Crippen LogP contribution is -1.98. The van der Waals surface area contributed by atoms with E-state index in [9.17, 15) is 5.11 Å². The zero-order valence-corrected chi connectivity index (χ0v) is 10.5. The molecule has 3 rings (SSSR count). The van der Waals surface area contributed by atoms with E-state index in [1.54, 1.807) is 41.2 Å². The number of benzene rings is 1. The highest BCUT2D eigenvalue weighted by molar-refractivity contribution is 7.98. The highest BCUT2D eigenvalue weighted by Gasteiger charge is 2.10. The van der Waals surface area contributed by atoms with Crippen molar-refractivity contribution >= 4 is 11.8 Å². The molecule has 2 heterocycles. The van der Waals surface area contributed by atoms with Gasteiger partial charge in [-0.2, -0.15) is 4.68 Å². The molecule has 0 saturated heterocycles. The van der Waals surface area contributed by atoms with E-state index in [2.05, 4.69) is 20.7 Å². The first-order chi connectivity index (χ1) is 9.33. The summed E-state index contributed by atoms with van der Waals surface area (Å²) in [6.45, 7) is 0. The third kappa shape index (κ3) is 2.58. The summed E-state index contributed by atoms with van der Waals surface area (Å²) in [4.78, 5) is 0. The zero-order chi connectivity index (χ0) is 13.1. The first-order valence-electron chi connectivity index (χ1n) is 5.43. The Bertz CT molecular complexity index is 650. The molecule has 0 spiro atoms. The summed E-state index contributed by atoms with van der Waals surface area (Å²) in [5.41, 5.74) is 0.780. The van der Waals surface area contributed by atoms with Crippen LogP contribution in [0.5, 0.6) is 5.75 Å². The fourth-order valence-corrected chi connectivity index (χ4v) is 2.26. The van der Waals surface area contributed by atoms with Crippen molar-refractivity contribution in [1.29, 1.82) is 0 Å². The predicted molar refractivity (Wildman–Crippen MR) is 66.9 cm³/mol. The van der Waals surface area contributed by atoms with Crippen molar-refractivity contribution in [2.75, 3.05) is 0 Å². The van der Waals surface area contributed by atoms with Crippen LogP contribution in [-0.2, 0) is 5.75 Å². The molecule has 0 atom stereocenters. The van der Waals surface area contributed by atoms with Crippen LogP contribution in [0.15, 0.2) is 46.2 Å². The maximum atomic E-state index is 9.27. The molecule has 1 aromatic carbocycles. The van der Waals surface area contributed by atoms with Crippen molar-refractivity contribution in [3.63, 3.8) is 0 Å². The Kier molecular flexibility index (Phi) is 3.15. The molecule has 0 bridgehead atoms. The smallest absolute Gasteiger partial charge is 0.214 e. The van der Waals surface area contributed by atoms with Gasteiger partial charge >= 0.3 is 0 Å². The maximum absolute atomic E-state index is 9.27. The fourth-order valence-electron chi connectivity index (χ4n) is 1.48. The number of nitrogens with zero attached hydrogens (tertiary/aromatic N) is 5. The lowest BCUT2D eigenvalue weighted by atomic mass is 10.3. The SMILES string of the molecule is Oc1ccc(-n2nnnc2SCc2ccno2)cc1. The van der Waals surface area contributed by atoms with Crippen molar-refractivity contribution in [3.05, 3.63) is 42.3 Å². The average Bonchev–Trinajstić information content (AvgIpc) is 3.08. The highest BCUT2D eigenvalue weighted by atomic mass is 32.2. The first kappa shape index (κ1) is 11.7. The van der Waals surface area contributed by atoms with Gasteiger partial charge in [-0.3, -0.25) is 0 Å². The molecule has 8 heteroatoms. The zero-order valence-electron chi connectivity index (χ0n) is 9.67. The molecule has 3 aromatic rings. The van der Waals surface area contributed by atoms with E-state index in [0.717, 1.165) is 11.4 Å². The Hall–Kier alpha value is -2.35. The Morgan fingerprint density at radius 1 is 1.21 bits per heavy atom. The number of aromatic hydroxyl groups is 1. The third-order valence-corrected chi connectivity index (χ3v) is 3.31. The molecule has 0 fully saturated rings. The minimum absolute atomic E-state index is 0.202. The van der Waals surface area contributed by atoms with Gasteiger partial charge in [-0.1, -0.05) is 16.9 Å². The van der Waals surface area contributed by atoms with Gasteiger partial charge < -0.3 is 9.63 Å². The summed E-state index contributed by atoms with van der Waals surface area (Å²) in [6, 6.07) is 8.44. The summed E-state index contributed by atoms with van der Waals surface area (Å²) in [6.07, 6.45) is 1.60. The van der Waals surface area contributed by atoms with Crippen molar-refractivity contribution in [2.45, 2.75) is 10.9 Å². The minimum atomic E-state index is 0.202. The third-order valence-electron chi connectivity index (χ3n) is 2.37. The number of tetrazole rings is 1. The topological polar surface area (TPSA) is 89.9 Å². The molecule has 0 aliphatic rings. The van der Waals surface area contributed by atoms with Gasteiger partial charge in [-0.15, -0.1) is 5.10 Å². The molecule has 1 N–H and O–H groups in total. The van der Waals surface area contributed by atoms with Crippen molar-refractivity contribution in [3.8, 4) is 11.4 Å². The summed E-state index contributed by atoms with van der Waals surface area (Å²) >= 11 is 1.44. The molecule has 0 unspecified atom stereocenters. The maximum Gasteiger partial charge on any atom is 0.214 e. The van der Waals surface area contributed by atoms with Crippen LogP contribution in [0.2, 0.25) is 0 Å². The predicted octanol–water partition coefficient (Wildman–Crippen LogP) is 1.65. The van der Waals surface area contributed by atoms with Crippen LogP contribution in [0.1, 0.15) is 5.76 Å². The largest absolute Gasteiger partial charge is 0.508 e. The van der Waals surface area contributed by atoms with Crippen LogP contribution in [0.25, 0.3) is 5.69 Å². The van der Waals surface area contributed by atoms with Crippen molar-refractivity contribution in [1.82, 2.24) is 25.4 Å². The monoisotopic (exact) mass is 275 g/mol. The molecular weight excluding hydrogens is 266 g/mol. The van der Waals surface area contributed by atoms with E-state index in [1.165, 1.54) is 11.8 Å². The van der Waals surface area contributed by atoms with E-state index in [0.29, 0.717) is 10.9 Å². The Morgan fingerprint density at radius 3 is 2.79 bits per heavy atom. The van der Waals surface area contributed by atoms with Gasteiger partial charge in [0.25, 0.3) is 0 Å². The van der Waals surface area contributed by atoms with Crippen LogP contribution in [0.3, 0.4) is 0 Å². The molecule has 7 nitrogen and oxygen atoms in total. The number of aromatic nitrogens is 5. The van der Waals surface area contributed by atoms with Gasteiger partial charge in [0.1, 0.15) is 11.5 Å². The van der Waals surface area contributed by atoms with Crippen LogP contribution in [0, 0.1) is 0 Å². The molecule has 2 aromatic heterocycles. The van der Waals surface area contributed by atoms with Crippen LogP contribution in [0.4, 0.5) is 0 Å². The fraction of sp³-hybridized carbons (Fsp3) is 0.0909. The quantitative estimate of drug-likeness (QED) is 0.724. The second-order valence-corrected chi connectivity index (χ2v) is 4.60. The Balaban J connectivity index is 1.80. The van der Waals surface area contributed by atoms with Gasteiger partial charge in [-0.05, 0) is 34.7 Å². The number of hydrogen-bond acceptors (Lipinski definition) is 7. The molecule has 0 radical (unpaired) electrons. The van der Waals surface area contributed by atoms with Gasteiger partial charge in [0.05, 0.1) is 17.6 Å². The van der Waals surface area contributed by atoms with E-state index in [4.69, 9.17) is 4.52 Å². The lowest BCUT2D eigenvalue weighted by molar-refractivity contribution is 0.395. The first-order valence-corrected chi connectivity index (χ1v) is 6.41. The normalized spacial score (nSPS) is 10.7. The summed E-state index contributed by atoms with van der Waals surface area (Å²) in [7, 11) is 0. The van der Waals surface area contributed by atoms with E-state index in [-0.39, 0.29) is 5.75 Å². The Morgan fingerprint density at radius 2 is 2.05 bits per heavy atom. The van der Waals surface area contributed by atoms with E-state index in [1.807, 2.05) is 0 Å². The van der Waals surface area contributed by atoms with Gasteiger partial charge in [0.15, 0.2) is 0 Å². The highest BCUT2D eigenvalue weighted by Crippen LogP contribution is 2.22. The van der Waals surface area contributed by atoms with E-state index < -0.39 is 0 Å². The number of hydrogen-bond donors (Lipinski definition) is 1. The molecule has 0 aliphatic carbocycles. The lowest BCUT2D eigenvalue weighted by Gasteiger charge is -2.03. The average molecular weight is 275 g/mol. The molecular formula is C11H9N5O2S. The number of phenols is 1. The Labute approximate surface area is 112 Å². The van der Waals surface area contributed by atoms with Crippen LogP contribution >= 0.6 is 11.8 Å². The summed E-state index contributed by atoms with van der Waals surface area (Å²) in [5, 5.41) is 25.1. The molecule has 96 valence electrons. The standard InChI is InChI=1S/C11H9N5O2S/c17-9-3-1-8(2-4-9)16-11(13-14-15-16)19-7-10-5-6-12-18-10/h1-6,17H,7H2. The van der Waals surface area contributed by atoms with Crippen LogP contribution < -0.4 is 0 Å². The summed E-state index contributed by atoms with van der Waals surface area (Å²) < 4.78 is 6.61. The second kappa shape index (κ2) is 5.11. The van der Waals surface area contributed by atoms with Gasteiger partial charge in [-0.25, -0.2) is 0 Å². The molecule has 0 amide bonds. The summed E-state index contributed by atoms with van der Waals surface area (Å²) in [5.74, 6) is 1.55. The second-order valence-electron chi connectivity index (χ2n) is 3.66.